The van der Waals surface area contributed by atoms with E-state index in [9.17, 15) is 8.78 Å². The molecule has 0 aliphatic heterocycles. The van der Waals surface area contributed by atoms with Crippen molar-refractivity contribution in [2.24, 2.45) is 5.92 Å². The third kappa shape index (κ3) is 6.00. The highest BCUT2D eigenvalue weighted by molar-refractivity contribution is 5.64. The monoisotopic (exact) mass is 450 g/mol. The van der Waals surface area contributed by atoms with Gasteiger partial charge in [-0.2, -0.15) is 0 Å². The second kappa shape index (κ2) is 10.9. The second-order valence-corrected chi connectivity index (χ2v) is 8.80. The molecule has 0 saturated carbocycles. The molecule has 2 heteroatoms. The first-order valence-corrected chi connectivity index (χ1v) is 11.7. The highest BCUT2D eigenvalue weighted by atomic mass is 19.1. The van der Waals surface area contributed by atoms with Crippen LogP contribution in [0.3, 0.4) is 0 Å². The molecule has 0 amide bonds. The minimum Gasteiger partial charge on any atom is -0.207 e. The highest BCUT2D eigenvalue weighted by Gasteiger charge is 2.12. The lowest BCUT2D eigenvalue weighted by atomic mass is 9.91. The van der Waals surface area contributed by atoms with Crippen LogP contribution in [0, 0.1) is 29.4 Å². The van der Waals surface area contributed by atoms with Crippen LogP contribution < -0.4 is 0 Å². The van der Waals surface area contributed by atoms with Crippen molar-refractivity contribution in [1.82, 2.24) is 0 Å². The largest absolute Gasteiger partial charge is 0.207 e. The first-order valence-electron chi connectivity index (χ1n) is 11.7. The normalized spacial score (nSPS) is 11.7. The van der Waals surface area contributed by atoms with Gasteiger partial charge in [-0.25, -0.2) is 8.78 Å². The summed E-state index contributed by atoms with van der Waals surface area (Å²) in [6.07, 6.45) is 2.29. The number of hydrogen-bond donors (Lipinski definition) is 0. The van der Waals surface area contributed by atoms with Crippen LogP contribution >= 0.6 is 0 Å². The molecule has 0 spiro atoms. The molecular weight excluding hydrogens is 422 g/mol. The number of benzene rings is 4. The van der Waals surface area contributed by atoms with Gasteiger partial charge < -0.3 is 0 Å². The molecule has 0 radical (unpaired) electrons. The van der Waals surface area contributed by atoms with Gasteiger partial charge in [0.15, 0.2) is 0 Å². The van der Waals surface area contributed by atoms with Crippen molar-refractivity contribution in [3.05, 3.63) is 131 Å². The van der Waals surface area contributed by atoms with Gasteiger partial charge in [-0.15, -0.1) is 0 Å². The van der Waals surface area contributed by atoms with Crippen LogP contribution in [0.25, 0.3) is 11.1 Å². The van der Waals surface area contributed by atoms with Gasteiger partial charge in [0.05, 0.1) is 5.92 Å². The van der Waals surface area contributed by atoms with Gasteiger partial charge in [-0.3, -0.25) is 0 Å². The predicted molar refractivity (Wildman–Crippen MR) is 137 cm³/mol. The highest BCUT2D eigenvalue weighted by Crippen LogP contribution is 2.26. The van der Waals surface area contributed by atoms with Gasteiger partial charge in [0.2, 0.25) is 0 Å². The third-order valence-corrected chi connectivity index (χ3v) is 6.22. The molecule has 0 aliphatic rings. The summed E-state index contributed by atoms with van der Waals surface area (Å²) in [7, 11) is 0. The molecule has 0 bridgehead atoms. The van der Waals surface area contributed by atoms with E-state index in [1.807, 2.05) is 12.1 Å². The van der Waals surface area contributed by atoms with E-state index in [1.54, 1.807) is 24.3 Å². The molecule has 0 nitrogen and oxygen atoms in total. The first kappa shape index (κ1) is 23.5. The Balaban J connectivity index is 1.55. The molecule has 0 aromatic heterocycles. The Morgan fingerprint density at radius 1 is 0.647 bits per heavy atom. The summed E-state index contributed by atoms with van der Waals surface area (Å²) in [5, 5.41) is 0. The minimum absolute atomic E-state index is 0.279. The van der Waals surface area contributed by atoms with Crippen LogP contribution in [-0.4, -0.2) is 0 Å². The van der Waals surface area contributed by atoms with E-state index >= 15 is 0 Å². The SMILES string of the molecule is CC[C@@H](C)Cc1ccc(-c2ccc(C#CC(c3ccc(F)cc3)c3ccc(F)cc3)cc2)cc1. The third-order valence-electron chi connectivity index (χ3n) is 6.22. The van der Waals surface area contributed by atoms with Crippen molar-refractivity contribution in [2.45, 2.75) is 32.6 Å². The van der Waals surface area contributed by atoms with E-state index in [-0.39, 0.29) is 17.6 Å². The quantitative estimate of drug-likeness (QED) is 0.259. The Bertz CT molecular complexity index is 1210. The molecule has 4 aromatic carbocycles. The van der Waals surface area contributed by atoms with Gasteiger partial charge in [0.25, 0.3) is 0 Å². The lowest BCUT2D eigenvalue weighted by Crippen LogP contribution is -1.99. The van der Waals surface area contributed by atoms with Crippen LogP contribution in [0.2, 0.25) is 0 Å². The van der Waals surface area contributed by atoms with Gasteiger partial charge in [0.1, 0.15) is 11.6 Å². The van der Waals surface area contributed by atoms with Gasteiger partial charge >= 0.3 is 0 Å². The van der Waals surface area contributed by atoms with Crippen LogP contribution in [-0.2, 0) is 6.42 Å². The summed E-state index contributed by atoms with van der Waals surface area (Å²) in [5.41, 5.74) is 6.33. The van der Waals surface area contributed by atoms with Gasteiger partial charge in [-0.05, 0) is 76.6 Å². The molecule has 4 rings (SSSR count). The van der Waals surface area contributed by atoms with Gasteiger partial charge in [-0.1, -0.05) is 92.8 Å². The van der Waals surface area contributed by atoms with E-state index in [1.165, 1.54) is 41.8 Å². The smallest absolute Gasteiger partial charge is 0.123 e. The number of halogens is 2. The molecule has 0 heterocycles. The van der Waals surface area contributed by atoms with Crippen molar-refractivity contribution in [2.75, 3.05) is 0 Å². The Hall–Kier alpha value is -3.70. The Labute approximate surface area is 201 Å². The van der Waals surface area contributed by atoms with E-state index in [2.05, 4.69) is 62.1 Å². The maximum atomic E-state index is 13.4. The topological polar surface area (TPSA) is 0 Å². The molecule has 1 atom stereocenters. The van der Waals surface area contributed by atoms with Crippen molar-refractivity contribution >= 4 is 0 Å². The summed E-state index contributed by atoms with van der Waals surface area (Å²) in [4.78, 5) is 0. The molecule has 0 fully saturated rings. The molecule has 170 valence electrons. The first-order chi connectivity index (χ1) is 16.5. The average Bonchev–Trinajstić information content (AvgIpc) is 2.87. The summed E-state index contributed by atoms with van der Waals surface area (Å²) in [6, 6.07) is 29.6. The maximum Gasteiger partial charge on any atom is 0.123 e. The van der Waals surface area contributed by atoms with E-state index in [4.69, 9.17) is 0 Å². The zero-order valence-corrected chi connectivity index (χ0v) is 19.6. The van der Waals surface area contributed by atoms with Crippen molar-refractivity contribution < 1.29 is 8.78 Å². The van der Waals surface area contributed by atoms with Crippen LogP contribution in [0.5, 0.6) is 0 Å². The fourth-order valence-corrected chi connectivity index (χ4v) is 3.95. The summed E-state index contributed by atoms with van der Waals surface area (Å²) < 4.78 is 26.9. The molecule has 34 heavy (non-hydrogen) atoms. The lowest BCUT2D eigenvalue weighted by molar-refractivity contribution is 0.560. The van der Waals surface area contributed by atoms with Gasteiger partial charge in [0, 0.05) is 5.56 Å². The molecule has 0 saturated heterocycles. The summed E-state index contributed by atoms with van der Waals surface area (Å²) >= 11 is 0. The fourth-order valence-electron chi connectivity index (χ4n) is 3.95. The zero-order chi connectivity index (χ0) is 23.9. The number of hydrogen-bond acceptors (Lipinski definition) is 0. The minimum atomic E-state index is -0.293. The number of rotatable bonds is 6. The molecule has 4 aromatic rings. The van der Waals surface area contributed by atoms with Crippen molar-refractivity contribution in [1.29, 1.82) is 0 Å². The molecular formula is C32H28F2. The fraction of sp³-hybridized carbons (Fsp3) is 0.188. The van der Waals surface area contributed by atoms with E-state index in [0.29, 0.717) is 5.92 Å². The summed E-state index contributed by atoms with van der Waals surface area (Å²) in [5.74, 6) is 6.38. The Kier molecular flexibility index (Phi) is 7.55. The summed E-state index contributed by atoms with van der Waals surface area (Å²) in [6.45, 7) is 4.51. The Morgan fingerprint density at radius 3 is 1.59 bits per heavy atom. The van der Waals surface area contributed by atoms with E-state index in [0.717, 1.165) is 28.7 Å². The van der Waals surface area contributed by atoms with Crippen LogP contribution in [0.15, 0.2) is 97.1 Å². The zero-order valence-electron chi connectivity index (χ0n) is 19.6. The average molecular weight is 451 g/mol. The van der Waals surface area contributed by atoms with Crippen LogP contribution in [0.1, 0.15) is 48.4 Å². The Morgan fingerprint density at radius 2 is 1.12 bits per heavy atom. The van der Waals surface area contributed by atoms with E-state index < -0.39 is 0 Å². The predicted octanol–water partition coefficient (Wildman–Crippen LogP) is 8.40. The van der Waals surface area contributed by atoms with Crippen molar-refractivity contribution in [3.8, 4) is 23.0 Å². The standard InChI is InChI=1S/C32H28F2/c1-3-23(2)22-25-6-11-27(12-7-25)26-9-4-24(5-10-26)8-21-32(28-13-17-30(33)18-14-28)29-15-19-31(34)20-16-29/h4-7,9-20,23,32H,3,22H2,1-2H3/t23-/m1/s1. The maximum absolute atomic E-state index is 13.4. The molecule has 0 N–H and O–H groups in total. The van der Waals surface area contributed by atoms with Crippen molar-refractivity contribution in [3.63, 3.8) is 0 Å². The molecule has 0 unspecified atom stereocenters. The van der Waals surface area contributed by atoms with Crippen LogP contribution in [0.4, 0.5) is 8.78 Å². The second-order valence-electron chi connectivity index (χ2n) is 8.80. The molecule has 0 aliphatic carbocycles. The lowest BCUT2D eigenvalue weighted by Gasteiger charge is -2.12.